The van der Waals surface area contributed by atoms with Gasteiger partial charge >= 0.3 is 0 Å². The molecule has 0 spiro atoms. The van der Waals surface area contributed by atoms with E-state index in [2.05, 4.69) is 15.5 Å². The summed E-state index contributed by atoms with van der Waals surface area (Å²) < 4.78 is 23.1. The third-order valence-corrected chi connectivity index (χ3v) is 2.88. The van der Waals surface area contributed by atoms with Gasteiger partial charge in [-0.3, -0.25) is 0 Å². The predicted molar refractivity (Wildman–Crippen MR) is 70.7 cm³/mol. The zero-order chi connectivity index (χ0) is 13.9. The molecule has 2 aromatic heterocycles. The van der Waals surface area contributed by atoms with Gasteiger partial charge in [0, 0.05) is 0 Å². The van der Waals surface area contributed by atoms with E-state index in [1.165, 1.54) is 18.4 Å². The molecular formula is C13H9ClFN3O2. The van der Waals surface area contributed by atoms with E-state index in [9.17, 15) is 4.39 Å². The quantitative estimate of drug-likeness (QED) is 0.794. The topological polar surface area (TPSA) is 64.1 Å². The maximum Gasteiger partial charge on any atom is 0.246 e. The van der Waals surface area contributed by atoms with E-state index < -0.39 is 5.82 Å². The molecule has 1 aromatic carbocycles. The summed E-state index contributed by atoms with van der Waals surface area (Å²) in [5.74, 6) is 0.882. The van der Waals surface area contributed by atoms with Gasteiger partial charge in [-0.05, 0) is 30.3 Å². The van der Waals surface area contributed by atoms with Gasteiger partial charge in [0.2, 0.25) is 11.7 Å². The first kappa shape index (κ1) is 12.7. The number of anilines is 1. The van der Waals surface area contributed by atoms with E-state index in [1.807, 2.05) is 0 Å². The molecule has 2 heterocycles. The lowest BCUT2D eigenvalue weighted by molar-refractivity contribution is 0.382. The van der Waals surface area contributed by atoms with Crippen molar-refractivity contribution >= 4 is 17.3 Å². The summed E-state index contributed by atoms with van der Waals surface area (Å²) in [7, 11) is 0. The summed E-state index contributed by atoms with van der Waals surface area (Å²) in [4.78, 5) is 4.16. The molecule has 0 aliphatic rings. The van der Waals surface area contributed by atoms with Crippen molar-refractivity contribution < 1.29 is 13.3 Å². The van der Waals surface area contributed by atoms with Crippen LogP contribution in [-0.2, 0) is 6.54 Å². The van der Waals surface area contributed by atoms with Crippen LogP contribution in [0.15, 0.2) is 45.5 Å². The number of nitrogens with zero attached hydrogens (tertiary/aromatic N) is 2. The molecule has 5 nitrogen and oxygen atoms in total. The summed E-state index contributed by atoms with van der Waals surface area (Å²) >= 11 is 5.90. The van der Waals surface area contributed by atoms with Crippen LogP contribution in [0.5, 0.6) is 0 Å². The van der Waals surface area contributed by atoms with Crippen molar-refractivity contribution in [1.29, 1.82) is 0 Å². The number of rotatable bonds is 4. The Hall–Kier alpha value is -2.34. The molecule has 0 fully saturated rings. The van der Waals surface area contributed by atoms with Crippen LogP contribution < -0.4 is 5.32 Å². The number of aromatic nitrogens is 2. The van der Waals surface area contributed by atoms with Crippen LogP contribution in [0.25, 0.3) is 11.6 Å². The molecular weight excluding hydrogens is 285 g/mol. The number of benzene rings is 1. The lowest BCUT2D eigenvalue weighted by Crippen LogP contribution is -2.00. The first-order valence-corrected chi connectivity index (χ1v) is 6.15. The van der Waals surface area contributed by atoms with Crippen molar-refractivity contribution in [3.8, 4) is 11.6 Å². The largest absolute Gasteiger partial charge is 0.461 e. The van der Waals surface area contributed by atoms with E-state index in [-0.39, 0.29) is 11.6 Å². The van der Waals surface area contributed by atoms with Gasteiger partial charge in [0.15, 0.2) is 5.76 Å². The average Bonchev–Trinajstić information content (AvgIpc) is 3.08. The molecule has 3 aromatic rings. The average molecular weight is 294 g/mol. The van der Waals surface area contributed by atoms with Crippen LogP contribution in [0.1, 0.15) is 5.89 Å². The molecule has 3 rings (SSSR count). The fourth-order valence-corrected chi connectivity index (χ4v) is 1.87. The van der Waals surface area contributed by atoms with Crippen molar-refractivity contribution in [2.75, 3.05) is 5.32 Å². The Morgan fingerprint density at radius 2 is 2.20 bits per heavy atom. The number of hydrogen-bond acceptors (Lipinski definition) is 5. The fourth-order valence-electron chi connectivity index (χ4n) is 1.64. The summed E-state index contributed by atoms with van der Waals surface area (Å²) in [6.45, 7) is 0.277. The Morgan fingerprint density at radius 1 is 1.30 bits per heavy atom. The highest BCUT2D eigenvalue weighted by atomic mass is 35.5. The minimum Gasteiger partial charge on any atom is -0.461 e. The molecule has 0 aliphatic heterocycles. The highest BCUT2D eigenvalue weighted by Crippen LogP contribution is 2.23. The van der Waals surface area contributed by atoms with Crippen LogP contribution in [0.2, 0.25) is 5.02 Å². The van der Waals surface area contributed by atoms with E-state index in [1.54, 1.807) is 18.2 Å². The van der Waals surface area contributed by atoms with E-state index in [0.29, 0.717) is 23.2 Å². The highest BCUT2D eigenvalue weighted by molar-refractivity contribution is 6.33. The lowest BCUT2D eigenvalue weighted by atomic mass is 10.3. The second-order valence-electron chi connectivity index (χ2n) is 3.97. The molecule has 20 heavy (non-hydrogen) atoms. The molecule has 0 radical (unpaired) electrons. The van der Waals surface area contributed by atoms with Gasteiger partial charge in [0.1, 0.15) is 5.82 Å². The molecule has 0 saturated carbocycles. The van der Waals surface area contributed by atoms with Crippen molar-refractivity contribution in [1.82, 2.24) is 10.1 Å². The molecule has 0 amide bonds. The second kappa shape index (κ2) is 5.34. The number of hydrogen-bond donors (Lipinski definition) is 1. The van der Waals surface area contributed by atoms with Crippen LogP contribution >= 0.6 is 11.6 Å². The smallest absolute Gasteiger partial charge is 0.246 e. The predicted octanol–water partition coefficient (Wildman–Crippen LogP) is 3.73. The van der Waals surface area contributed by atoms with Gasteiger partial charge in [-0.2, -0.15) is 4.98 Å². The standard InChI is InChI=1S/C13H9ClFN3O2/c14-9-6-8(15)3-4-10(9)16-7-12-17-13(18-20-12)11-2-1-5-19-11/h1-6,16H,7H2. The molecule has 0 saturated heterocycles. The Morgan fingerprint density at radius 3 is 2.95 bits per heavy atom. The summed E-state index contributed by atoms with van der Waals surface area (Å²) in [5, 5.41) is 7.07. The van der Waals surface area contributed by atoms with Gasteiger partial charge < -0.3 is 14.3 Å². The molecule has 7 heteroatoms. The summed E-state index contributed by atoms with van der Waals surface area (Å²) in [6.07, 6.45) is 1.53. The van der Waals surface area contributed by atoms with Gasteiger partial charge in [-0.1, -0.05) is 16.8 Å². The van der Waals surface area contributed by atoms with Crippen LogP contribution in [0, 0.1) is 5.82 Å². The number of nitrogens with one attached hydrogen (secondary N) is 1. The maximum atomic E-state index is 12.9. The third-order valence-electron chi connectivity index (χ3n) is 2.57. The number of furan rings is 1. The first-order valence-electron chi connectivity index (χ1n) is 5.78. The molecule has 1 N–H and O–H groups in total. The summed E-state index contributed by atoms with van der Waals surface area (Å²) in [5.41, 5.74) is 0.589. The van der Waals surface area contributed by atoms with Gasteiger partial charge in [0.05, 0.1) is 23.5 Å². The highest BCUT2D eigenvalue weighted by Gasteiger charge is 2.11. The molecule has 0 aliphatic carbocycles. The lowest BCUT2D eigenvalue weighted by Gasteiger charge is -2.05. The Bertz CT molecular complexity index is 712. The van der Waals surface area contributed by atoms with Crippen LogP contribution in [0.3, 0.4) is 0 Å². The van der Waals surface area contributed by atoms with E-state index >= 15 is 0 Å². The van der Waals surface area contributed by atoms with Gasteiger partial charge in [-0.25, -0.2) is 4.39 Å². The minimum absolute atomic E-state index is 0.277. The van der Waals surface area contributed by atoms with Crippen molar-refractivity contribution in [2.45, 2.75) is 6.54 Å². The van der Waals surface area contributed by atoms with Crippen LogP contribution in [0.4, 0.5) is 10.1 Å². The molecule has 0 atom stereocenters. The normalized spacial score (nSPS) is 10.7. The van der Waals surface area contributed by atoms with Crippen LogP contribution in [-0.4, -0.2) is 10.1 Å². The number of halogens is 2. The van der Waals surface area contributed by atoms with E-state index in [0.717, 1.165) is 0 Å². The van der Waals surface area contributed by atoms with Crippen molar-refractivity contribution in [3.05, 3.63) is 53.3 Å². The van der Waals surface area contributed by atoms with Gasteiger partial charge in [-0.15, -0.1) is 0 Å². The maximum absolute atomic E-state index is 12.9. The summed E-state index contributed by atoms with van der Waals surface area (Å²) in [6, 6.07) is 7.56. The van der Waals surface area contributed by atoms with Gasteiger partial charge in [0.25, 0.3) is 0 Å². The molecule has 102 valence electrons. The van der Waals surface area contributed by atoms with Crippen molar-refractivity contribution in [2.24, 2.45) is 0 Å². The molecule has 0 bridgehead atoms. The zero-order valence-corrected chi connectivity index (χ0v) is 10.9. The Labute approximate surface area is 118 Å². The SMILES string of the molecule is Fc1ccc(NCc2nc(-c3ccco3)no2)c(Cl)c1. The monoisotopic (exact) mass is 293 g/mol. The van der Waals surface area contributed by atoms with Crippen molar-refractivity contribution in [3.63, 3.8) is 0 Å². The molecule has 0 unspecified atom stereocenters. The Balaban J connectivity index is 1.70. The fraction of sp³-hybridized carbons (Fsp3) is 0.0769. The van der Waals surface area contributed by atoms with E-state index in [4.69, 9.17) is 20.5 Å². The second-order valence-corrected chi connectivity index (χ2v) is 4.37. The first-order chi connectivity index (χ1) is 9.72. The third kappa shape index (κ3) is 2.65. The Kier molecular flexibility index (Phi) is 3.39. The zero-order valence-electron chi connectivity index (χ0n) is 10.1. The minimum atomic E-state index is -0.390.